The minimum atomic E-state index is -2.20. The summed E-state index contributed by atoms with van der Waals surface area (Å²) in [6.45, 7) is 0. The van der Waals surface area contributed by atoms with Crippen molar-refractivity contribution in [2.45, 2.75) is 12.2 Å². The maximum atomic E-state index is 13.6. The zero-order valence-corrected chi connectivity index (χ0v) is 24.1. The van der Waals surface area contributed by atoms with E-state index in [1.807, 2.05) is 0 Å². The molecule has 1 unspecified atom stereocenters. The SMILES string of the molecule is COc1cc(CC2=C(c3ccc4nsnc4c3)C(=O)OC2(O)c2cc(OC)c(OC)c(OC)c2)cc(OC)c1OC. The van der Waals surface area contributed by atoms with E-state index < -0.39 is 11.8 Å². The minimum absolute atomic E-state index is 0.0678. The first-order valence-corrected chi connectivity index (χ1v) is 13.1. The number of rotatable bonds is 10. The zero-order chi connectivity index (χ0) is 29.3. The Labute approximate surface area is 240 Å². The summed E-state index contributed by atoms with van der Waals surface area (Å²) < 4.78 is 47.3. The van der Waals surface area contributed by atoms with E-state index in [0.717, 1.165) is 11.7 Å². The predicted molar refractivity (Wildman–Crippen MR) is 150 cm³/mol. The fraction of sp³-hybridized carbons (Fsp3) is 0.276. The van der Waals surface area contributed by atoms with Crippen LogP contribution in [-0.2, 0) is 21.7 Å². The molecular weight excluding hydrogens is 552 g/mol. The molecule has 1 atom stereocenters. The largest absolute Gasteiger partial charge is 0.493 e. The smallest absolute Gasteiger partial charge is 0.342 e. The summed E-state index contributed by atoms with van der Waals surface area (Å²) in [4.78, 5) is 13.6. The average Bonchev–Trinajstić information content (AvgIpc) is 3.56. The van der Waals surface area contributed by atoms with Crippen LogP contribution in [0.2, 0.25) is 0 Å². The quantitative estimate of drug-likeness (QED) is 0.272. The second-order valence-electron chi connectivity index (χ2n) is 8.98. The second kappa shape index (κ2) is 11.1. The van der Waals surface area contributed by atoms with Crippen LogP contribution in [0.3, 0.4) is 0 Å². The van der Waals surface area contributed by atoms with Gasteiger partial charge in [0.15, 0.2) is 23.0 Å². The Hall–Kier alpha value is -4.55. The highest BCUT2D eigenvalue weighted by molar-refractivity contribution is 7.00. The van der Waals surface area contributed by atoms with E-state index in [9.17, 15) is 9.90 Å². The average molecular weight is 581 g/mol. The van der Waals surface area contributed by atoms with Crippen molar-refractivity contribution in [2.24, 2.45) is 0 Å². The molecular formula is C29H28N2O9S. The van der Waals surface area contributed by atoms with Crippen LogP contribution in [0.25, 0.3) is 16.6 Å². The molecule has 11 nitrogen and oxygen atoms in total. The number of hydrogen-bond donors (Lipinski definition) is 1. The van der Waals surface area contributed by atoms with Gasteiger partial charge in [0.1, 0.15) is 11.0 Å². The molecule has 0 spiro atoms. The van der Waals surface area contributed by atoms with Crippen molar-refractivity contribution in [1.29, 1.82) is 0 Å². The number of nitrogens with zero attached hydrogens (tertiary/aromatic N) is 2. The number of aromatic nitrogens is 2. The van der Waals surface area contributed by atoms with Crippen LogP contribution in [0.15, 0.2) is 48.0 Å². The molecule has 0 radical (unpaired) electrons. The van der Waals surface area contributed by atoms with Gasteiger partial charge in [-0.25, -0.2) is 4.79 Å². The van der Waals surface area contributed by atoms with Gasteiger partial charge in [0.2, 0.25) is 11.5 Å². The van der Waals surface area contributed by atoms with Crippen molar-refractivity contribution < 1.29 is 43.1 Å². The molecule has 0 saturated carbocycles. The minimum Gasteiger partial charge on any atom is -0.493 e. The van der Waals surface area contributed by atoms with Gasteiger partial charge in [-0.3, -0.25) is 0 Å². The molecule has 1 N–H and O–H groups in total. The first-order chi connectivity index (χ1) is 19.8. The summed E-state index contributed by atoms with van der Waals surface area (Å²) in [5.41, 5.74) is 3.14. The van der Waals surface area contributed by atoms with E-state index in [2.05, 4.69) is 8.75 Å². The van der Waals surface area contributed by atoms with E-state index in [0.29, 0.717) is 45.2 Å². The summed E-state index contributed by atoms with van der Waals surface area (Å²) in [6.07, 6.45) is 0.0678. The monoisotopic (exact) mass is 580 g/mol. The van der Waals surface area contributed by atoms with Gasteiger partial charge in [0.25, 0.3) is 5.79 Å². The van der Waals surface area contributed by atoms with Crippen LogP contribution in [0, 0.1) is 0 Å². The van der Waals surface area contributed by atoms with Crippen molar-refractivity contribution in [3.05, 3.63) is 64.7 Å². The van der Waals surface area contributed by atoms with Gasteiger partial charge in [-0.1, -0.05) is 6.07 Å². The first-order valence-electron chi connectivity index (χ1n) is 12.3. The van der Waals surface area contributed by atoms with E-state index in [-0.39, 0.29) is 34.6 Å². The van der Waals surface area contributed by atoms with Crippen LogP contribution in [0.4, 0.5) is 0 Å². The Morgan fingerprint density at radius 1 is 0.756 bits per heavy atom. The topological polar surface area (TPSA) is 128 Å². The van der Waals surface area contributed by atoms with Gasteiger partial charge in [0, 0.05) is 17.6 Å². The lowest BCUT2D eigenvalue weighted by molar-refractivity contribution is -0.185. The zero-order valence-electron chi connectivity index (χ0n) is 23.3. The number of hydrogen-bond acceptors (Lipinski definition) is 12. The van der Waals surface area contributed by atoms with E-state index >= 15 is 0 Å². The fourth-order valence-electron chi connectivity index (χ4n) is 4.93. The molecule has 1 aliphatic heterocycles. The van der Waals surface area contributed by atoms with Crippen molar-refractivity contribution >= 4 is 34.3 Å². The predicted octanol–water partition coefficient (Wildman–Crippen LogP) is 4.14. The lowest BCUT2D eigenvalue weighted by atomic mass is 9.87. The molecule has 12 heteroatoms. The van der Waals surface area contributed by atoms with Gasteiger partial charge < -0.3 is 38.3 Å². The van der Waals surface area contributed by atoms with Crippen LogP contribution in [-0.4, -0.2) is 62.5 Å². The van der Waals surface area contributed by atoms with Crippen LogP contribution in [0.5, 0.6) is 34.5 Å². The van der Waals surface area contributed by atoms with Gasteiger partial charge in [-0.05, 0) is 47.5 Å². The van der Waals surface area contributed by atoms with E-state index in [4.69, 9.17) is 33.2 Å². The molecule has 3 aromatic carbocycles. The number of benzene rings is 3. The Kier molecular flexibility index (Phi) is 7.61. The molecule has 0 bridgehead atoms. The highest BCUT2D eigenvalue weighted by atomic mass is 32.1. The first kappa shape index (κ1) is 28.0. The molecule has 1 aromatic heterocycles. The molecule has 0 amide bonds. The lowest BCUT2D eigenvalue weighted by Gasteiger charge is -2.27. The van der Waals surface area contributed by atoms with Crippen molar-refractivity contribution in [3.8, 4) is 34.5 Å². The Balaban J connectivity index is 1.76. The number of fused-ring (bicyclic) bond motifs is 1. The van der Waals surface area contributed by atoms with Gasteiger partial charge in [0.05, 0.1) is 60.0 Å². The summed E-state index contributed by atoms with van der Waals surface area (Å²) in [6, 6.07) is 11.8. The molecule has 0 aliphatic carbocycles. The standard InChI is InChI=1S/C29H28N2O9S/c1-34-21-10-15(11-22(35-2)26(21)38-5)9-18-25(16-7-8-19-20(12-16)31-41-30-19)28(32)40-29(18,33)17-13-23(36-3)27(39-6)24(14-17)37-4/h7-8,10-14,33H,9H2,1-6H3. The molecule has 1 aliphatic rings. The molecule has 0 saturated heterocycles. The number of aliphatic hydroxyl groups is 1. The third kappa shape index (κ3) is 4.74. The van der Waals surface area contributed by atoms with E-state index in [1.54, 1.807) is 42.5 Å². The summed E-state index contributed by atoms with van der Waals surface area (Å²) in [5, 5.41) is 12.3. The highest BCUT2D eigenvalue weighted by Gasteiger charge is 2.49. The third-order valence-electron chi connectivity index (χ3n) is 6.86. The molecule has 4 aromatic rings. The van der Waals surface area contributed by atoms with Crippen molar-refractivity contribution in [3.63, 3.8) is 0 Å². The van der Waals surface area contributed by atoms with Gasteiger partial charge >= 0.3 is 5.97 Å². The third-order valence-corrected chi connectivity index (χ3v) is 7.42. The lowest BCUT2D eigenvalue weighted by Crippen LogP contribution is -2.30. The number of carbonyl (C=O) groups excluding carboxylic acids is 1. The Morgan fingerprint density at radius 2 is 1.29 bits per heavy atom. The number of methoxy groups -OCH3 is 6. The number of esters is 1. The molecule has 0 fully saturated rings. The maximum Gasteiger partial charge on any atom is 0.342 e. The molecule has 5 rings (SSSR count). The summed E-state index contributed by atoms with van der Waals surface area (Å²) >= 11 is 1.07. The molecule has 214 valence electrons. The van der Waals surface area contributed by atoms with Gasteiger partial charge in [-0.2, -0.15) is 8.75 Å². The van der Waals surface area contributed by atoms with E-state index in [1.165, 1.54) is 42.7 Å². The van der Waals surface area contributed by atoms with Crippen molar-refractivity contribution in [2.75, 3.05) is 42.7 Å². The fourth-order valence-corrected chi connectivity index (χ4v) is 5.45. The van der Waals surface area contributed by atoms with Crippen LogP contribution >= 0.6 is 11.7 Å². The van der Waals surface area contributed by atoms with Crippen molar-refractivity contribution in [1.82, 2.24) is 8.75 Å². The Morgan fingerprint density at radius 3 is 1.83 bits per heavy atom. The second-order valence-corrected chi connectivity index (χ2v) is 9.51. The summed E-state index contributed by atoms with van der Waals surface area (Å²) in [5.74, 6) is -0.790. The highest BCUT2D eigenvalue weighted by Crippen LogP contribution is 2.49. The van der Waals surface area contributed by atoms with Crippen LogP contribution in [0.1, 0.15) is 16.7 Å². The number of carbonyl (C=O) groups is 1. The number of cyclic esters (lactones) is 1. The van der Waals surface area contributed by atoms with Gasteiger partial charge in [-0.15, -0.1) is 0 Å². The maximum absolute atomic E-state index is 13.6. The van der Waals surface area contributed by atoms with Crippen LogP contribution < -0.4 is 28.4 Å². The molecule has 2 heterocycles. The number of ether oxygens (including phenoxy) is 7. The normalized spacial score (nSPS) is 16.5. The Bertz CT molecular complexity index is 1620. The summed E-state index contributed by atoms with van der Waals surface area (Å²) in [7, 11) is 8.93. The molecule has 41 heavy (non-hydrogen) atoms.